The smallest absolute Gasteiger partial charge is 0.164 e. The minimum absolute atomic E-state index is 0.0490. The second kappa shape index (κ2) is 9.51. The average Bonchev–Trinajstić information content (AvgIpc) is 2.71. The van der Waals surface area contributed by atoms with Crippen LogP contribution in [-0.2, 0) is 14.3 Å². The van der Waals surface area contributed by atoms with E-state index in [1.54, 1.807) is 0 Å². The number of hydrogen-bond donors (Lipinski definition) is 0. The third-order valence-corrected chi connectivity index (χ3v) is 3.95. The Morgan fingerprint density at radius 2 is 1.45 bits per heavy atom. The van der Waals surface area contributed by atoms with Gasteiger partial charge >= 0.3 is 0 Å². The first-order chi connectivity index (χ1) is 9.59. The summed E-state index contributed by atoms with van der Waals surface area (Å²) >= 11 is 0. The van der Waals surface area contributed by atoms with Crippen LogP contribution < -0.4 is 0 Å². The summed E-state index contributed by atoms with van der Waals surface area (Å²) in [4.78, 5) is 11.0. The maximum atomic E-state index is 11.0. The zero-order valence-electron chi connectivity index (χ0n) is 13.5. The van der Waals surface area contributed by atoms with E-state index < -0.39 is 5.79 Å². The maximum Gasteiger partial charge on any atom is 0.164 e. The van der Waals surface area contributed by atoms with E-state index in [1.165, 1.54) is 51.4 Å². The van der Waals surface area contributed by atoms with E-state index >= 15 is 0 Å². The highest BCUT2D eigenvalue weighted by molar-refractivity contribution is 5.57. The van der Waals surface area contributed by atoms with Gasteiger partial charge in [-0.05, 0) is 20.3 Å². The van der Waals surface area contributed by atoms with Crippen LogP contribution in [0, 0.1) is 0 Å². The van der Waals surface area contributed by atoms with Crippen LogP contribution in [0.15, 0.2) is 0 Å². The van der Waals surface area contributed by atoms with E-state index in [-0.39, 0.29) is 12.2 Å². The van der Waals surface area contributed by atoms with Crippen molar-refractivity contribution in [3.63, 3.8) is 0 Å². The fourth-order valence-corrected chi connectivity index (χ4v) is 2.86. The van der Waals surface area contributed by atoms with Gasteiger partial charge in [0.2, 0.25) is 0 Å². The fraction of sp³-hybridized carbons (Fsp3) is 0.941. The largest absolute Gasteiger partial charge is 0.344 e. The van der Waals surface area contributed by atoms with E-state index in [0.717, 1.165) is 19.1 Å². The van der Waals surface area contributed by atoms with Gasteiger partial charge in [0, 0.05) is 0 Å². The van der Waals surface area contributed by atoms with Gasteiger partial charge in [-0.15, -0.1) is 0 Å². The molecule has 2 atom stereocenters. The second-order valence-electron chi connectivity index (χ2n) is 6.39. The topological polar surface area (TPSA) is 35.5 Å². The predicted molar refractivity (Wildman–Crippen MR) is 81.7 cm³/mol. The van der Waals surface area contributed by atoms with Crippen LogP contribution in [0.2, 0.25) is 0 Å². The molecule has 0 aromatic heterocycles. The zero-order chi connectivity index (χ0) is 14.8. The van der Waals surface area contributed by atoms with Crippen LogP contribution in [0.1, 0.15) is 85.0 Å². The van der Waals surface area contributed by atoms with Gasteiger partial charge in [-0.3, -0.25) is 0 Å². The molecular weight excluding hydrogens is 252 g/mol. The second-order valence-corrected chi connectivity index (χ2v) is 6.39. The molecule has 0 radical (unpaired) electrons. The first-order valence-corrected chi connectivity index (χ1v) is 8.40. The Hall–Kier alpha value is -0.410. The molecule has 118 valence electrons. The fourth-order valence-electron chi connectivity index (χ4n) is 2.86. The molecule has 0 saturated carbocycles. The van der Waals surface area contributed by atoms with Crippen LogP contribution in [0.25, 0.3) is 0 Å². The van der Waals surface area contributed by atoms with Crippen molar-refractivity contribution in [3.8, 4) is 0 Å². The lowest BCUT2D eigenvalue weighted by Crippen LogP contribution is -2.23. The molecule has 1 rings (SSSR count). The van der Waals surface area contributed by atoms with Crippen molar-refractivity contribution in [2.45, 2.75) is 103 Å². The van der Waals surface area contributed by atoms with Gasteiger partial charge < -0.3 is 14.3 Å². The lowest BCUT2D eigenvalue weighted by Gasteiger charge is -2.16. The van der Waals surface area contributed by atoms with Crippen LogP contribution in [0.4, 0.5) is 0 Å². The highest BCUT2D eigenvalue weighted by atomic mass is 16.8. The third kappa shape index (κ3) is 6.85. The van der Waals surface area contributed by atoms with Gasteiger partial charge in [-0.25, -0.2) is 0 Å². The Labute approximate surface area is 124 Å². The van der Waals surface area contributed by atoms with E-state index in [1.807, 2.05) is 13.8 Å². The molecule has 1 aliphatic rings. The minimum Gasteiger partial charge on any atom is -0.344 e. The first-order valence-electron chi connectivity index (χ1n) is 8.40. The Morgan fingerprint density at radius 1 is 0.900 bits per heavy atom. The van der Waals surface area contributed by atoms with Gasteiger partial charge in [-0.1, -0.05) is 64.7 Å². The molecule has 1 heterocycles. The van der Waals surface area contributed by atoms with Gasteiger partial charge in [0.15, 0.2) is 12.1 Å². The molecule has 3 heteroatoms. The van der Waals surface area contributed by atoms with Gasteiger partial charge in [0.25, 0.3) is 0 Å². The molecule has 0 bridgehead atoms. The number of carbonyl (C=O) groups excluding carboxylic acids is 1. The Bertz CT molecular complexity index is 263. The lowest BCUT2D eigenvalue weighted by molar-refractivity contribution is -0.150. The standard InChI is InChI=1S/C17H32O3/c1-4-5-6-7-8-9-10-11-12-13-15-16(14-18)20-17(2,3)19-15/h14-16H,4-13H2,1-3H3/t15-,16+/m0/s1. The van der Waals surface area contributed by atoms with Gasteiger partial charge in [-0.2, -0.15) is 0 Å². The minimum atomic E-state index is -0.602. The van der Waals surface area contributed by atoms with Crippen molar-refractivity contribution in [3.05, 3.63) is 0 Å². The summed E-state index contributed by atoms with van der Waals surface area (Å²) in [5.74, 6) is -0.602. The highest BCUT2D eigenvalue weighted by Crippen LogP contribution is 2.30. The number of aldehydes is 1. The summed E-state index contributed by atoms with van der Waals surface area (Å²) in [6.45, 7) is 6.00. The Kier molecular flexibility index (Phi) is 8.39. The molecule has 0 aromatic carbocycles. The number of hydrogen-bond acceptors (Lipinski definition) is 3. The van der Waals surface area contributed by atoms with Crippen LogP contribution in [0.5, 0.6) is 0 Å². The summed E-state index contributed by atoms with van der Waals surface area (Å²) in [6.07, 6.45) is 13.2. The number of rotatable bonds is 11. The molecule has 0 aromatic rings. The van der Waals surface area contributed by atoms with Crippen molar-refractivity contribution < 1.29 is 14.3 Å². The quantitative estimate of drug-likeness (QED) is 0.410. The first kappa shape index (κ1) is 17.6. The molecule has 20 heavy (non-hydrogen) atoms. The van der Waals surface area contributed by atoms with E-state index in [0.29, 0.717) is 0 Å². The summed E-state index contributed by atoms with van der Waals surface area (Å²) in [5.41, 5.74) is 0. The Morgan fingerprint density at radius 3 is 2.00 bits per heavy atom. The molecule has 0 N–H and O–H groups in total. The monoisotopic (exact) mass is 284 g/mol. The predicted octanol–water partition coefficient (Wildman–Crippen LogP) is 4.63. The van der Waals surface area contributed by atoms with E-state index in [4.69, 9.17) is 9.47 Å². The van der Waals surface area contributed by atoms with Crippen LogP contribution in [-0.4, -0.2) is 24.3 Å². The average molecular weight is 284 g/mol. The molecule has 1 aliphatic heterocycles. The Balaban J connectivity index is 2.00. The molecule has 0 unspecified atom stereocenters. The number of carbonyl (C=O) groups is 1. The molecule has 0 spiro atoms. The SMILES string of the molecule is CCCCCCCCCCC[C@@H]1OC(C)(C)O[C@@H]1C=O. The third-order valence-electron chi connectivity index (χ3n) is 3.95. The number of unbranched alkanes of at least 4 members (excludes halogenated alkanes) is 8. The zero-order valence-corrected chi connectivity index (χ0v) is 13.5. The lowest BCUT2D eigenvalue weighted by atomic mass is 10.0. The summed E-state index contributed by atoms with van der Waals surface area (Å²) in [6, 6.07) is 0. The molecular formula is C17H32O3. The molecule has 0 aliphatic carbocycles. The molecule has 1 fully saturated rings. The maximum absolute atomic E-state index is 11.0. The van der Waals surface area contributed by atoms with Gasteiger partial charge in [0.1, 0.15) is 6.10 Å². The van der Waals surface area contributed by atoms with Crippen molar-refractivity contribution in [2.75, 3.05) is 0 Å². The van der Waals surface area contributed by atoms with E-state index in [2.05, 4.69) is 6.92 Å². The highest BCUT2D eigenvalue weighted by Gasteiger charge is 2.40. The number of ether oxygens (including phenoxy) is 2. The van der Waals surface area contributed by atoms with Crippen molar-refractivity contribution in [2.24, 2.45) is 0 Å². The van der Waals surface area contributed by atoms with E-state index in [9.17, 15) is 4.79 Å². The van der Waals surface area contributed by atoms with Gasteiger partial charge in [0.05, 0.1) is 6.10 Å². The van der Waals surface area contributed by atoms with Crippen molar-refractivity contribution in [1.82, 2.24) is 0 Å². The molecule has 1 saturated heterocycles. The van der Waals surface area contributed by atoms with Crippen molar-refractivity contribution >= 4 is 6.29 Å². The molecule has 3 nitrogen and oxygen atoms in total. The summed E-state index contributed by atoms with van der Waals surface area (Å²) < 4.78 is 11.3. The molecule has 0 amide bonds. The normalized spacial score (nSPS) is 24.9. The van der Waals surface area contributed by atoms with Crippen LogP contribution in [0.3, 0.4) is 0 Å². The van der Waals surface area contributed by atoms with Crippen molar-refractivity contribution in [1.29, 1.82) is 0 Å². The summed E-state index contributed by atoms with van der Waals surface area (Å²) in [7, 11) is 0. The van der Waals surface area contributed by atoms with Crippen LogP contribution >= 0.6 is 0 Å². The summed E-state index contributed by atoms with van der Waals surface area (Å²) in [5, 5.41) is 0.